The summed E-state index contributed by atoms with van der Waals surface area (Å²) in [5.74, 6) is 0. The van der Waals surface area contributed by atoms with Gasteiger partial charge in [-0.15, -0.1) is 11.3 Å². The molecular weight excluding hydrogens is 448 g/mol. The molecule has 0 bridgehead atoms. The van der Waals surface area contributed by atoms with E-state index in [2.05, 4.69) is 5.10 Å². The zero-order valence-electron chi connectivity index (χ0n) is 16.8. The monoisotopic (exact) mass is 469 g/mol. The molecule has 0 spiro atoms. The summed E-state index contributed by atoms with van der Waals surface area (Å²) < 4.78 is 53.7. The van der Waals surface area contributed by atoms with Crippen molar-refractivity contribution in [1.82, 2.24) is 18.7 Å². The number of hydrogen-bond donors (Lipinski definition) is 1. The van der Waals surface area contributed by atoms with E-state index in [9.17, 15) is 22.0 Å². The molecule has 2 aromatic heterocycles. The fourth-order valence-corrected chi connectivity index (χ4v) is 4.73. The lowest BCUT2D eigenvalue weighted by Crippen LogP contribution is -2.27. The van der Waals surface area contributed by atoms with E-state index in [1.165, 1.54) is 42.4 Å². The minimum Gasteiger partial charge on any atom is -0.327 e. The van der Waals surface area contributed by atoms with Gasteiger partial charge in [-0.3, -0.25) is 4.57 Å². The van der Waals surface area contributed by atoms with Crippen LogP contribution in [0.5, 0.6) is 0 Å². The minimum atomic E-state index is -3.55. The Morgan fingerprint density at radius 1 is 1.23 bits per heavy atom. The van der Waals surface area contributed by atoms with Gasteiger partial charge in [-0.2, -0.15) is 13.9 Å². The Bertz CT molecular complexity index is 1270. The normalized spacial score (nSPS) is 11.8. The Labute approximate surface area is 181 Å². The van der Waals surface area contributed by atoms with E-state index in [1.807, 2.05) is 12.1 Å². The van der Waals surface area contributed by atoms with Crippen LogP contribution in [0.25, 0.3) is 10.4 Å². The predicted octanol–water partition coefficient (Wildman–Crippen LogP) is 2.18. The number of aromatic nitrogens is 3. The SMILES string of the molecule is CN(C)S(=O)(=O)c1cccc(-c2ccc(Cn3cnn(CC(CN)=C(F)F)c3=O)s2)c1. The summed E-state index contributed by atoms with van der Waals surface area (Å²) in [5, 5.41) is 3.88. The third-order valence-corrected chi connectivity index (χ3v) is 7.47. The maximum Gasteiger partial charge on any atom is 0.346 e. The van der Waals surface area contributed by atoms with Gasteiger partial charge in [0.2, 0.25) is 10.0 Å². The molecule has 31 heavy (non-hydrogen) atoms. The molecule has 166 valence electrons. The van der Waals surface area contributed by atoms with Crippen LogP contribution in [-0.4, -0.2) is 47.7 Å². The Kier molecular flexibility index (Phi) is 6.84. The molecule has 0 amide bonds. The lowest BCUT2D eigenvalue weighted by Gasteiger charge is -2.11. The molecule has 3 aromatic rings. The summed E-state index contributed by atoms with van der Waals surface area (Å²) in [5.41, 5.74) is 5.15. The third-order valence-electron chi connectivity index (χ3n) is 4.54. The Morgan fingerprint density at radius 3 is 2.61 bits per heavy atom. The molecule has 2 N–H and O–H groups in total. The number of thiophene rings is 1. The van der Waals surface area contributed by atoms with Crippen LogP contribution in [-0.2, 0) is 23.1 Å². The highest BCUT2D eigenvalue weighted by atomic mass is 32.2. The summed E-state index contributed by atoms with van der Waals surface area (Å²) in [6.07, 6.45) is -0.624. The zero-order chi connectivity index (χ0) is 22.8. The average molecular weight is 470 g/mol. The minimum absolute atomic E-state index is 0.186. The van der Waals surface area contributed by atoms with Gasteiger partial charge in [-0.05, 0) is 29.8 Å². The molecule has 0 unspecified atom stereocenters. The highest BCUT2D eigenvalue weighted by Gasteiger charge is 2.18. The van der Waals surface area contributed by atoms with E-state index in [0.717, 1.165) is 24.3 Å². The first kappa shape index (κ1) is 23.0. The average Bonchev–Trinajstić information content (AvgIpc) is 3.33. The smallest absolute Gasteiger partial charge is 0.327 e. The summed E-state index contributed by atoms with van der Waals surface area (Å²) in [6, 6.07) is 10.3. The van der Waals surface area contributed by atoms with Crippen LogP contribution >= 0.6 is 11.3 Å². The van der Waals surface area contributed by atoms with Gasteiger partial charge in [0.1, 0.15) is 6.33 Å². The first-order chi connectivity index (χ1) is 14.6. The molecule has 0 radical (unpaired) electrons. The summed E-state index contributed by atoms with van der Waals surface area (Å²) in [7, 11) is -0.616. The summed E-state index contributed by atoms with van der Waals surface area (Å²) in [6.45, 7) is -0.523. The molecule has 1 aromatic carbocycles. The number of benzene rings is 1. The molecular formula is C19H21F2N5O3S2. The molecule has 12 heteroatoms. The van der Waals surface area contributed by atoms with Crippen molar-refractivity contribution < 1.29 is 17.2 Å². The first-order valence-corrected chi connectivity index (χ1v) is 11.4. The van der Waals surface area contributed by atoms with Crippen LogP contribution in [0.4, 0.5) is 8.78 Å². The molecule has 0 aliphatic rings. The second-order valence-corrected chi connectivity index (χ2v) is 10.2. The summed E-state index contributed by atoms with van der Waals surface area (Å²) >= 11 is 1.40. The van der Waals surface area contributed by atoms with Crippen molar-refractivity contribution in [1.29, 1.82) is 0 Å². The van der Waals surface area contributed by atoms with Gasteiger partial charge in [-0.1, -0.05) is 12.1 Å². The van der Waals surface area contributed by atoms with Gasteiger partial charge in [-0.25, -0.2) is 22.2 Å². The van der Waals surface area contributed by atoms with Crippen LogP contribution in [0.1, 0.15) is 4.88 Å². The Morgan fingerprint density at radius 2 is 1.97 bits per heavy atom. The van der Waals surface area contributed by atoms with E-state index in [0.29, 0.717) is 0 Å². The number of sulfonamides is 1. The van der Waals surface area contributed by atoms with Gasteiger partial charge in [0.25, 0.3) is 6.08 Å². The van der Waals surface area contributed by atoms with E-state index in [-0.39, 0.29) is 30.1 Å². The molecule has 0 atom stereocenters. The van der Waals surface area contributed by atoms with Crippen LogP contribution in [0.15, 0.2) is 64.1 Å². The highest BCUT2D eigenvalue weighted by Crippen LogP contribution is 2.30. The quantitative estimate of drug-likeness (QED) is 0.545. The third kappa shape index (κ3) is 4.98. The van der Waals surface area contributed by atoms with Crippen molar-refractivity contribution in [2.45, 2.75) is 18.0 Å². The number of hydrogen-bond acceptors (Lipinski definition) is 6. The fourth-order valence-electron chi connectivity index (χ4n) is 2.78. The number of nitrogens with two attached hydrogens (primary N) is 1. The number of halogens is 2. The Hall–Kier alpha value is -2.67. The largest absolute Gasteiger partial charge is 0.346 e. The lowest BCUT2D eigenvalue weighted by molar-refractivity contribution is 0.400. The van der Waals surface area contributed by atoms with E-state index in [1.54, 1.807) is 18.2 Å². The van der Waals surface area contributed by atoms with Crippen molar-refractivity contribution in [3.8, 4) is 10.4 Å². The van der Waals surface area contributed by atoms with Gasteiger partial charge in [0.05, 0.1) is 18.0 Å². The van der Waals surface area contributed by atoms with E-state index in [4.69, 9.17) is 5.73 Å². The highest BCUT2D eigenvalue weighted by molar-refractivity contribution is 7.89. The standard InChI is InChI=1S/C19H21F2N5O3S2/c1-24(2)31(28,29)16-5-3-4-13(8-16)17-7-6-15(30-17)11-25-12-23-26(19(25)27)10-14(9-22)18(20)21/h3-8,12H,9-11,22H2,1-2H3. The Balaban J connectivity index is 1.82. The van der Waals surface area contributed by atoms with Gasteiger partial charge < -0.3 is 5.73 Å². The molecule has 8 nitrogen and oxygen atoms in total. The van der Waals surface area contributed by atoms with E-state index >= 15 is 0 Å². The van der Waals surface area contributed by atoms with Crippen molar-refractivity contribution in [2.24, 2.45) is 5.73 Å². The number of rotatable bonds is 8. The lowest BCUT2D eigenvalue weighted by atomic mass is 10.2. The second-order valence-electron chi connectivity index (χ2n) is 6.85. The predicted molar refractivity (Wildman–Crippen MR) is 115 cm³/mol. The van der Waals surface area contributed by atoms with Crippen LogP contribution < -0.4 is 11.4 Å². The molecule has 0 saturated heterocycles. The molecule has 3 rings (SSSR count). The van der Waals surface area contributed by atoms with Gasteiger partial charge >= 0.3 is 5.69 Å². The molecule has 0 aliphatic heterocycles. The van der Waals surface area contributed by atoms with Crippen LogP contribution in [0.2, 0.25) is 0 Å². The summed E-state index contributed by atoms with van der Waals surface area (Å²) in [4.78, 5) is 14.3. The fraction of sp³-hybridized carbons (Fsp3) is 0.263. The number of nitrogens with zero attached hydrogens (tertiary/aromatic N) is 4. The van der Waals surface area contributed by atoms with E-state index < -0.39 is 21.8 Å². The topological polar surface area (TPSA) is 103 Å². The first-order valence-electron chi connectivity index (χ1n) is 9.10. The molecule has 0 saturated carbocycles. The van der Waals surface area contributed by atoms with Crippen molar-refractivity contribution in [3.05, 3.63) is 69.7 Å². The molecule has 2 heterocycles. The maximum absolute atomic E-state index is 12.8. The van der Waals surface area contributed by atoms with Gasteiger partial charge in [0.15, 0.2) is 0 Å². The van der Waals surface area contributed by atoms with Crippen LogP contribution in [0.3, 0.4) is 0 Å². The van der Waals surface area contributed by atoms with Crippen molar-refractivity contribution >= 4 is 21.4 Å². The zero-order valence-corrected chi connectivity index (χ0v) is 18.5. The van der Waals surface area contributed by atoms with Crippen molar-refractivity contribution in [2.75, 3.05) is 20.6 Å². The van der Waals surface area contributed by atoms with Crippen molar-refractivity contribution in [3.63, 3.8) is 0 Å². The maximum atomic E-state index is 12.8. The van der Waals surface area contributed by atoms with Crippen LogP contribution in [0, 0.1) is 0 Å². The van der Waals surface area contributed by atoms with Gasteiger partial charge in [0, 0.05) is 36.0 Å². The molecule has 0 aliphatic carbocycles. The second kappa shape index (κ2) is 9.22. The molecule has 0 fully saturated rings.